The van der Waals surface area contributed by atoms with E-state index in [1.165, 1.54) is 18.2 Å². The number of benzene rings is 2. The van der Waals surface area contributed by atoms with Gasteiger partial charge in [0, 0.05) is 0 Å². The van der Waals surface area contributed by atoms with Gasteiger partial charge in [0.1, 0.15) is 24.0 Å². The highest BCUT2D eigenvalue weighted by atomic mass is 35.5. The Morgan fingerprint density at radius 1 is 1.07 bits per heavy atom. The molecular formula is C37H42BClF5N7O7. The van der Waals surface area contributed by atoms with E-state index in [9.17, 15) is 36.6 Å². The zero-order chi connectivity index (χ0) is 42.8. The van der Waals surface area contributed by atoms with Crippen LogP contribution in [0.5, 0.6) is 0 Å². The second-order valence-corrected chi connectivity index (χ2v) is 17.1. The molecule has 1 saturated carbocycles. The first kappa shape index (κ1) is 42.8. The number of aromatic nitrogens is 3. The predicted molar refractivity (Wildman–Crippen MR) is 200 cm³/mol. The topological polar surface area (TPSA) is 170 Å². The lowest BCUT2D eigenvalue weighted by molar-refractivity contribution is -0.164. The summed E-state index contributed by atoms with van der Waals surface area (Å²) in [6.07, 6.45) is -10.9. The smallest absolute Gasteiger partial charge is 0.463 e. The van der Waals surface area contributed by atoms with Crippen molar-refractivity contribution in [3.63, 3.8) is 0 Å². The lowest BCUT2D eigenvalue weighted by Gasteiger charge is -2.35. The van der Waals surface area contributed by atoms with Crippen molar-refractivity contribution in [3.8, 4) is 5.69 Å². The van der Waals surface area contributed by atoms with Crippen LogP contribution in [0.4, 0.5) is 31.5 Å². The molecule has 2 aliphatic heterocycles. The molecule has 1 aliphatic carbocycles. The second kappa shape index (κ2) is 14.8. The highest BCUT2D eigenvalue weighted by molar-refractivity contribution is 6.62. The van der Waals surface area contributed by atoms with Gasteiger partial charge in [-0.25, -0.2) is 28.0 Å². The fourth-order valence-corrected chi connectivity index (χ4v) is 7.18. The number of ether oxygens (including phenoxy) is 1. The van der Waals surface area contributed by atoms with Crippen molar-refractivity contribution in [3.05, 3.63) is 70.8 Å². The maximum atomic E-state index is 15.2. The molecule has 3 heterocycles. The number of guanidine groups is 1. The molecule has 6 rings (SSSR count). The number of hydrogen-bond acceptors (Lipinski definition) is 8. The van der Waals surface area contributed by atoms with Gasteiger partial charge in [-0.05, 0) is 81.1 Å². The van der Waals surface area contributed by atoms with Gasteiger partial charge in [-0.3, -0.25) is 9.69 Å². The van der Waals surface area contributed by atoms with Crippen LogP contribution in [0.25, 0.3) is 5.69 Å². The summed E-state index contributed by atoms with van der Waals surface area (Å²) < 4.78 is 87.7. The Morgan fingerprint density at radius 2 is 1.69 bits per heavy atom. The molecule has 3 amide bonds. The van der Waals surface area contributed by atoms with Crippen LogP contribution in [0.1, 0.15) is 97.1 Å². The second-order valence-electron chi connectivity index (χ2n) is 16.7. The van der Waals surface area contributed by atoms with Gasteiger partial charge in [0.25, 0.3) is 12.3 Å². The first-order valence-electron chi connectivity index (χ1n) is 18.2. The molecule has 3 fully saturated rings. The number of carbonyl (C=O) groups excluding carboxylic acids is 2. The first-order chi connectivity index (χ1) is 26.8. The van der Waals surface area contributed by atoms with Crippen molar-refractivity contribution in [1.82, 2.24) is 30.3 Å². The summed E-state index contributed by atoms with van der Waals surface area (Å²) in [6, 6.07) is 9.05. The van der Waals surface area contributed by atoms with Crippen LogP contribution in [0.15, 0.2) is 53.8 Å². The summed E-state index contributed by atoms with van der Waals surface area (Å²) in [7, 11) is -0.750. The zero-order valence-electron chi connectivity index (χ0n) is 32.6. The van der Waals surface area contributed by atoms with E-state index < -0.39 is 89.9 Å². The van der Waals surface area contributed by atoms with E-state index in [4.69, 9.17) is 25.6 Å². The van der Waals surface area contributed by atoms with Gasteiger partial charge in [0.05, 0.1) is 28.0 Å². The summed E-state index contributed by atoms with van der Waals surface area (Å²) in [5.74, 6) is -2.07. The third kappa shape index (κ3) is 8.10. The molecule has 1 aromatic heterocycles. The first-order valence-corrected chi connectivity index (χ1v) is 18.6. The SMILES string of the molecule is CC(C)(C)CC1(c2ccc(B3OC(C)(C)C(C)(C)O3)cc2)NC(=NC(=O)O)N([C@H](COC(=O)NC2(C(F)(F)F)CC2)c2ccc(Cl)c(-n3ncnc3C(F)F)c2)C1=O. The number of alkyl halides is 5. The molecule has 3 N–H and O–H groups in total. The number of nitrogens with one attached hydrogen (secondary N) is 2. The molecule has 0 radical (unpaired) electrons. The number of amides is 3. The van der Waals surface area contributed by atoms with Gasteiger partial charge >= 0.3 is 25.5 Å². The number of halogens is 6. The molecule has 0 bridgehead atoms. The Labute approximate surface area is 335 Å². The Morgan fingerprint density at radius 3 is 2.22 bits per heavy atom. The molecule has 2 aromatic carbocycles. The van der Waals surface area contributed by atoms with Crippen molar-refractivity contribution in [2.75, 3.05) is 6.61 Å². The van der Waals surface area contributed by atoms with Crippen LogP contribution in [0.3, 0.4) is 0 Å². The molecule has 1 unspecified atom stereocenters. The molecule has 312 valence electrons. The van der Waals surface area contributed by atoms with E-state index in [0.717, 1.165) is 15.9 Å². The highest BCUT2D eigenvalue weighted by Gasteiger charge is 2.65. The van der Waals surface area contributed by atoms with Crippen LogP contribution in [-0.4, -0.2) is 85.5 Å². The summed E-state index contributed by atoms with van der Waals surface area (Å²) in [5.41, 5.74) is -5.29. The monoisotopic (exact) mass is 837 g/mol. The molecule has 14 nitrogen and oxygen atoms in total. The van der Waals surface area contributed by atoms with Crippen LogP contribution < -0.4 is 16.1 Å². The Kier molecular flexibility index (Phi) is 10.9. The third-order valence-corrected chi connectivity index (χ3v) is 11.1. The predicted octanol–water partition coefficient (Wildman–Crippen LogP) is 6.82. The number of aliphatic imine (C=N–C) groups is 1. The van der Waals surface area contributed by atoms with E-state index in [1.807, 2.05) is 53.8 Å². The normalized spacial score (nSPS) is 22.3. The van der Waals surface area contributed by atoms with E-state index in [-0.39, 0.29) is 35.5 Å². The van der Waals surface area contributed by atoms with E-state index in [0.29, 0.717) is 11.0 Å². The standard InChI is InChI=1S/C37H42BClF5N7O7/c1-32(2,3)18-36(21-9-11-22(12-10-21)38-57-33(4,5)34(6,7)58-38)28(52)50(29(48-36)47-30(53)54)25(17-56-31(55)49-35(14-15-35)37(42,43)44)20-8-13-23(39)24(16-20)51-27(26(40)41)45-19-46-51/h8-13,16,19,25-26H,14-15,17-18H2,1-7H3,(H,47,48)(H,49,55)(H,53,54)/t25-,36?/m1/s1. The van der Waals surface area contributed by atoms with Gasteiger partial charge in [0.15, 0.2) is 5.82 Å². The molecule has 2 atom stereocenters. The third-order valence-electron chi connectivity index (χ3n) is 10.7. The van der Waals surface area contributed by atoms with E-state index in [1.54, 1.807) is 24.3 Å². The summed E-state index contributed by atoms with van der Waals surface area (Å²) in [4.78, 5) is 48.7. The van der Waals surface area contributed by atoms with Crippen molar-refractivity contribution in [2.45, 2.75) is 109 Å². The maximum absolute atomic E-state index is 15.2. The van der Waals surface area contributed by atoms with Crippen LogP contribution in [-0.2, 0) is 24.4 Å². The number of alkyl carbamates (subject to hydrolysis) is 1. The van der Waals surface area contributed by atoms with Gasteiger partial charge in [-0.1, -0.05) is 62.7 Å². The van der Waals surface area contributed by atoms with E-state index in [2.05, 4.69) is 20.4 Å². The largest absolute Gasteiger partial charge is 0.494 e. The van der Waals surface area contributed by atoms with Crippen LogP contribution >= 0.6 is 11.6 Å². The lowest BCUT2D eigenvalue weighted by Crippen LogP contribution is -2.49. The average Bonchev–Trinajstić information content (AvgIpc) is 3.55. The van der Waals surface area contributed by atoms with Gasteiger partial charge in [-0.15, -0.1) is 4.99 Å². The van der Waals surface area contributed by atoms with Gasteiger partial charge in [0.2, 0.25) is 5.96 Å². The van der Waals surface area contributed by atoms with Crippen molar-refractivity contribution in [1.29, 1.82) is 0 Å². The molecule has 21 heteroatoms. The zero-order valence-corrected chi connectivity index (χ0v) is 33.3. The van der Waals surface area contributed by atoms with Crippen molar-refractivity contribution >= 4 is 48.2 Å². The molecule has 3 aromatic rings. The minimum absolute atomic E-state index is 0.0239. The quantitative estimate of drug-likeness (QED) is 0.146. The molecule has 58 heavy (non-hydrogen) atoms. The number of hydrogen-bond donors (Lipinski definition) is 3. The summed E-state index contributed by atoms with van der Waals surface area (Å²) in [5, 5.41) is 18.6. The van der Waals surface area contributed by atoms with Crippen molar-refractivity contribution in [2.24, 2.45) is 10.4 Å². The molecular weight excluding hydrogens is 796 g/mol. The van der Waals surface area contributed by atoms with Crippen LogP contribution in [0, 0.1) is 5.41 Å². The number of carbonyl (C=O) groups is 3. The minimum Gasteiger partial charge on any atom is -0.463 e. The Bertz CT molecular complexity index is 2110. The number of nitrogens with zero attached hydrogens (tertiary/aromatic N) is 5. The van der Waals surface area contributed by atoms with Gasteiger partial charge < -0.3 is 29.8 Å². The van der Waals surface area contributed by atoms with Crippen molar-refractivity contribution < 1.29 is 55.5 Å². The fourth-order valence-electron chi connectivity index (χ4n) is 6.98. The molecule has 3 aliphatic rings. The average molecular weight is 838 g/mol. The maximum Gasteiger partial charge on any atom is 0.494 e. The van der Waals surface area contributed by atoms with E-state index >= 15 is 4.79 Å². The minimum atomic E-state index is -4.78. The molecule has 2 saturated heterocycles. The molecule has 0 spiro atoms. The van der Waals surface area contributed by atoms with Crippen LogP contribution in [0.2, 0.25) is 5.02 Å². The Hall–Kier alpha value is -4.82. The highest BCUT2D eigenvalue weighted by Crippen LogP contribution is 2.49. The van der Waals surface area contributed by atoms with Gasteiger partial charge in [-0.2, -0.15) is 18.3 Å². The lowest BCUT2D eigenvalue weighted by atomic mass is 9.73. The fraction of sp³-hybridized carbons (Fsp3) is 0.514. The summed E-state index contributed by atoms with van der Waals surface area (Å²) in [6.45, 7) is 12.3. The Balaban J connectivity index is 1.46. The summed E-state index contributed by atoms with van der Waals surface area (Å²) >= 11 is 6.45. The number of carboxylic acid groups (broad SMARTS) is 1. The number of rotatable bonds is 10.